The van der Waals surface area contributed by atoms with E-state index in [0.717, 1.165) is 22.8 Å². The number of rotatable bonds is 4. The lowest BCUT2D eigenvalue weighted by Gasteiger charge is -2.32. The minimum Gasteiger partial charge on any atom is -0.508 e. The Bertz CT molecular complexity index is 1430. The number of nitrogens with zero attached hydrogens (tertiary/aromatic N) is 4. The van der Waals surface area contributed by atoms with Gasteiger partial charge in [0.05, 0.1) is 24.4 Å². The van der Waals surface area contributed by atoms with Crippen LogP contribution in [0.5, 0.6) is 11.8 Å². The van der Waals surface area contributed by atoms with E-state index in [-0.39, 0.29) is 28.2 Å². The number of halogens is 1. The Morgan fingerprint density at radius 2 is 2.18 bits per heavy atom. The van der Waals surface area contributed by atoms with Crippen molar-refractivity contribution in [2.45, 2.75) is 11.7 Å². The van der Waals surface area contributed by atoms with Crippen LogP contribution in [0.4, 0.5) is 10.2 Å². The van der Waals surface area contributed by atoms with Gasteiger partial charge in [0.1, 0.15) is 29.5 Å². The van der Waals surface area contributed by atoms with E-state index in [1.165, 1.54) is 24.6 Å². The van der Waals surface area contributed by atoms with E-state index in [0.29, 0.717) is 36.6 Å². The van der Waals surface area contributed by atoms with Gasteiger partial charge in [-0.2, -0.15) is 9.97 Å². The molecule has 0 amide bonds. The Kier molecular flexibility index (Phi) is 4.75. The molecule has 33 heavy (non-hydrogen) atoms. The Labute approximate surface area is 192 Å². The molecule has 0 saturated carbocycles. The number of ether oxygens (including phenoxy) is 2. The fourth-order valence-corrected chi connectivity index (χ4v) is 4.91. The predicted octanol–water partition coefficient (Wildman–Crippen LogP) is 3.37. The summed E-state index contributed by atoms with van der Waals surface area (Å²) < 4.78 is 26.9. The number of hydrogen-bond donors (Lipinski definition) is 2. The summed E-state index contributed by atoms with van der Waals surface area (Å²) in [6.07, 6.45) is 2.42. The molecule has 10 heteroatoms. The van der Waals surface area contributed by atoms with E-state index in [4.69, 9.17) is 14.6 Å². The number of benzene rings is 2. The summed E-state index contributed by atoms with van der Waals surface area (Å²) in [4.78, 5) is 15.1. The predicted molar refractivity (Wildman–Crippen MR) is 125 cm³/mol. The van der Waals surface area contributed by atoms with Gasteiger partial charge in [0, 0.05) is 18.3 Å². The average molecular weight is 466 g/mol. The molecule has 0 radical (unpaired) electrons. The van der Waals surface area contributed by atoms with Crippen molar-refractivity contribution in [3.63, 3.8) is 0 Å². The lowest BCUT2D eigenvalue weighted by atomic mass is 10.00. The van der Waals surface area contributed by atoms with Crippen molar-refractivity contribution >= 4 is 39.4 Å². The summed E-state index contributed by atoms with van der Waals surface area (Å²) in [6.45, 7) is 1.41. The topological polar surface area (TPSA) is 107 Å². The number of phenols is 1. The van der Waals surface area contributed by atoms with Crippen LogP contribution in [0, 0.1) is 5.82 Å². The maximum absolute atomic E-state index is 16.0. The highest BCUT2D eigenvalue weighted by atomic mass is 32.2. The number of aromatic hydroxyl groups is 1. The number of aromatic nitrogens is 3. The number of fused-ring (bicyclic) bond motifs is 4. The molecule has 4 aromatic rings. The molecule has 3 N–H and O–H groups in total. The van der Waals surface area contributed by atoms with Crippen molar-refractivity contribution in [2.24, 2.45) is 5.14 Å². The fourth-order valence-electron chi connectivity index (χ4n) is 4.47. The van der Waals surface area contributed by atoms with Crippen molar-refractivity contribution in [3.05, 3.63) is 47.4 Å². The van der Waals surface area contributed by atoms with Gasteiger partial charge in [0.15, 0.2) is 5.82 Å². The highest BCUT2D eigenvalue weighted by molar-refractivity contribution is 7.97. The SMILES string of the molecule is COc1nc(N2COCC(SN)C2)c2cnc(-c3cc(O)cc4ccc5c(c34)C5)c(F)c2n1. The summed E-state index contributed by atoms with van der Waals surface area (Å²) in [6, 6.07) is 7.25. The van der Waals surface area contributed by atoms with E-state index in [1.54, 1.807) is 18.3 Å². The van der Waals surface area contributed by atoms with Gasteiger partial charge in [-0.1, -0.05) is 24.1 Å². The summed E-state index contributed by atoms with van der Waals surface area (Å²) in [5.74, 6) is -0.0694. The van der Waals surface area contributed by atoms with Crippen LogP contribution in [0.1, 0.15) is 11.1 Å². The molecule has 1 atom stereocenters. The van der Waals surface area contributed by atoms with Crippen LogP contribution in [0.25, 0.3) is 32.9 Å². The first-order chi connectivity index (χ1) is 16.1. The first-order valence-corrected chi connectivity index (χ1v) is 11.4. The quantitative estimate of drug-likeness (QED) is 0.386. The molecule has 1 aliphatic carbocycles. The first kappa shape index (κ1) is 20.4. The van der Waals surface area contributed by atoms with Gasteiger partial charge in [-0.25, -0.2) is 4.39 Å². The molecule has 0 spiro atoms. The summed E-state index contributed by atoms with van der Waals surface area (Å²) in [5, 5.41) is 18.3. The molecule has 1 fully saturated rings. The number of hydrogen-bond acceptors (Lipinski definition) is 9. The van der Waals surface area contributed by atoms with Crippen LogP contribution >= 0.6 is 11.9 Å². The zero-order valence-electron chi connectivity index (χ0n) is 17.7. The second-order valence-corrected chi connectivity index (χ2v) is 9.11. The Hall–Kier alpha value is -3.21. The zero-order valence-corrected chi connectivity index (χ0v) is 18.5. The van der Waals surface area contributed by atoms with Crippen LogP contribution in [0.2, 0.25) is 0 Å². The molecule has 168 valence electrons. The number of phenolic OH excluding ortho intramolecular Hbond substituents is 1. The second kappa shape index (κ2) is 7.68. The molecule has 3 heterocycles. The Morgan fingerprint density at radius 3 is 3.00 bits per heavy atom. The van der Waals surface area contributed by atoms with Crippen molar-refractivity contribution in [2.75, 3.05) is 31.9 Å². The van der Waals surface area contributed by atoms with Crippen LogP contribution in [-0.4, -0.2) is 52.3 Å². The molecule has 6 rings (SSSR count). The van der Waals surface area contributed by atoms with Gasteiger partial charge in [-0.05, 0) is 40.5 Å². The van der Waals surface area contributed by atoms with Crippen LogP contribution in [0.3, 0.4) is 0 Å². The Morgan fingerprint density at radius 1 is 1.30 bits per heavy atom. The van der Waals surface area contributed by atoms with Gasteiger partial charge in [0.2, 0.25) is 0 Å². The number of methoxy groups -OCH3 is 1. The fraction of sp³-hybridized carbons (Fsp3) is 0.261. The summed E-state index contributed by atoms with van der Waals surface area (Å²) >= 11 is 1.22. The molecule has 0 bridgehead atoms. The standard InChI is InChI=1S/C23H20FN5O3S/c1-31-23-27-21-17(22(28-23)29-8-14(33-25)9-32-10-29)7-26-20(19(21)24)16-6-13(30)4-12-3-2-11-5-15(11)18(12)16/h2-4,6-7,14,30H,5,8-10,25H2,1H3. The second-order valence-electron chi connectivity index (χ2n) is 8.17. The normalized spacial score (nSPS) is 17.4. The molecule has 1 saturated heterocycles. The maximum atomic E-state index is 16.0. The van der Waals surface area contributed by atoms with E-state index >= 15 is 4.39 Å². The zero-order chi connectivity index (χ0) is 22.7. The number of pyridine rings is 1. The van der Waals surface area contributed by atoms with E-state index in [2.05, 4.69) is 15.0 Å². The third-order valence-corrected chi connectivity index (χ3v) is 6.77. The molecule has 2 aliphatic rings. The highest BCUT2D eigenvalue weighted by Gasteiger charge is 2.28. The van der Waals surface area contributed by atoms with Gasteiger partial charge in [-0.3, -0.25) is 10.1 Å². The van der Waals surface area contributed by atoms with Crippen LogP contribution in [0.15, 0.2) is 30.5 Å². The lowest BCUT2D eigenvalue weighted by Crippen LogP contribution is -2.42. The van der Waals surface area contributed by atoms with Crippen molar-refractivity contribution in [3.8, 4) is 23.0 Å². The minimum atomic E-state index is -0.595. The number of anilines is 1. The van der Waals surface area contributed by atoms with Gasteiger partial charge in [0.25, 0.3) is 0 Å². The van der Waals surface area contributed by atoms with E-state index in [9.17, 15) is 5.11 Å². The van der Waals surface area contributed by atoms with Crippen LogP contribution in [-0.2, 0) is 11.2 Å². The van der Waals surface area contributed by atoms with Crippen LogP contribution < -0.4 is 14.8 Å². The van der Waals surface area contributed by atoms with Crippen molar-refractivity contribution < 1.29 is 19.0 Å². The molecular formula is C23H20FN5O3S. The summed E-state index contributed by atoms with van der Waals surface area (Å²) in [7, 11) is 1.44. The average Bonchev–Trinajstić information content (AvgIpc) is 3.63. The van der Waals surface area contributed by atoms with E-state index < -0.39 is 5.82 Å². The molecule has 2 aromatic carbocycles. The molecule has 1 aliphatic heterocycles. The molecule has 1 unspecified atom stereocenters. The van der Waals surface area contributed by atoms with Gasteiger partial charge < -0.3 is 19.5 Å². The lowest BCUT2D eigenvalue weighted by molar-refractivity contribution is 0.111. The molecular weight excluding hydrogens is 445 g/mol. The third-order valence-electron chi connectivity index (χ3n) is 6.10. The summed E-state index contributed by atoms with van der Waals surface area (Å²) in [5.41, 5.74) is 3.14. The largest absolute Gasteiger partial charge is 0.508 e. The van der Waals surface area contributed by atoms with Crippen molar-refractivity contribution in [1.29, 1.82) is 0 Å². The van der Waals surface area contributed by atoms with E-state index in [1.807, 2.05) is 17.0 Å². The smallest absolute Gasteiger partial charge is 0.318 e. The highest BCUT2D eigenvalue weighted by Crippen LogP contribution is 2.43. The van der Waals surface area contributed by atoms with Gasteiger partial charge in [-0.15, -0.1) is 0 Å². The maximum Gasteiger partial charge on any atom is 0.318 e. The Balaban J connectivity index is 1.56. The van der Waals surface area contributed by atoms with Crippen molar-refractivity contribution in [1.82, 2.24) is 15.0 Å². The molecule has 8 nitrogen and oxygen atoms in total. The molecule has 2 aromatic heterocycles. The first-order valence-electron chi connectivity index (χ1n) is 10.4. The number of nitrogens with two attached hydrogens (primary N) is 1. The minimum absolute atomic E-state index is 0.0455. The third kappa shape index (κ3) is 3.33. The monoisotopic (exact) mass is 465 g/mol. The van der Waals surface area contributed by atoms with Gasteiger partial charge >= 0.3 is 6.01 Å².